The first-order valence-corrected chi connectivity index (χ1v) is 9.44. The molecule has 0 spiro atoms. The number of benzene rings is 2. The Labute approximate surface area is 170 Å². The summed E-state index contributed by atoms with van der Waals surface area (Å²) in [5.74, 6) is -2.39. The number of carbonyl (C=O) groups excluding carboxylic acids is 4. The summed E-state index contributed by atoms with van der Waals surface area (Å²) < 4.78 is 9.43. The van der Waals surface area contributed by atoms with Crippen molar-refractivity contribution in [2.24, 2.45) is 0 Å². The van der Waals surface area contributed by atoms with Crippen LogP contribution in [0, 0.1) is 0 Å². The van der Waals surface area contributed by atoms with Crippen molar-refractivity contribution < 1.29 is 28.7 Å². The second kappa shape index (κ2) is 8.36. The molecule has 1 fully saturated rings. The molecule has 0 aromatic heterocycles. The topological polar surface area (TPSA) is 116 Å². The third-order valence-electron chi connectivity index (χ3n) is 4.36. The normalized spacial score (nSPS) is 16.1. The van der Waals surface area contributed by atoms with Gasteiger partial charge in [0, 0.05) is 17.0 Å². The molecule has 2 aromatic rings. The van der Waals surface area contributed by atoms with Gasteiger partial charge in [0.15, 0.2) is 0 Å². The Morgan fingerprint density at radius 3 is 2.41 bits per heavy atom. The number of thioether (sulfide) groups is 1. The number of esters is 2. The third-order valence-corrected chi connectivity index (χ3v) is 5.64. The molecule has 1 saturated heterocycles. The highest BCUT2D eigenvalue weighted by Gasteiger charge is 2.42. The van der Waals surface area contributed by atoms with Gasteiger partial charge in [0.05, 0.1) is 36.3 Å². The summed E-state index contributed by atoms with van der Waals surface area (Å²) in [5, 5.41) is -0.709. The number of para-hydroxylation sites is 1. The molecule has 0 aliphatic carbocycles. The van der Waals surface area contributed by atoms with Gasteiger partial charge in [-0.15, -0.1) is 11.8 Å². The van der Waals surface area contributed by atoms with Gasteiger partial charge in [0.25, 0.3) is 0 Å². The standard InChI is InChI=1S/C20H18N2O6S/c1-27-19(25)11-7-8-12(20(26)28-2)14(9-11)22-17(23)10-16(18(22)24)29-15-6-4-3-5-13(15)21/h3-9,16H,10,21H2,1-2H3. The van der Waals surface area contributed by atoms with Crippen molar-refractivity contribution in [1.29, 1.82) is 0 Å². The van der Waals surface area contributed by atoms with Crippen LogP contribution in [0.5, 0.6) is 0 Å². The number of anilines is 2. The number of imide groups is 1. The van der Waals surface area contributed by atoms with Crippen LogP contribution < -0.4 is 10.6 Å². The number of rotatable bonds is 5. The molecule has 2 amide bonds. The lowest BCUT2D eigenvalue weighted by atomic mass is 10.1. The summed E-state index contributed by atoms with van der Waals surface area (Å²) in [4.78, 5) is 51.3. The van der Waals surface area contributed by atoms with E-state index >= 15 is 0 Å². The minimum Gasteiger partial charge on any atom is -0.465 e. The van der Waals surface area contributed by atoms with Crippen molar-refractivity contribution in [3.05, 3.63) is 53.6 Å². The zero-order chi connectivity index (χ0) is 21.1. The lowest BCUT2D eigenvalue weighted by Gasteiger charge is -2.19. The molecule has 0 bridgehead atoms. The molecular formula is C20H18N2O6S. The van der Waals surface area contributed by atoms with E-state index in [2.05, 4.69) is 4.74 Å². The minimum atomic E-state index is -0.736. The van der Waals surface area contributed by atoms with Crippen LogP contribution in [0.3, 0.4) is 0 Å². The largest absolute Gasteiger partial charge is 0.465 e. The Hall–Kier alpha value is -3.33. The molecule has 2 N–H and O–H groups in total. The maximum Gasteiger partial charge on any atom is 0.339 e. The fourth-order valence-electron chi connectivity index (χ4n) is 2.93. The molecular weight excluding hydrogens is 396 g/mol. The predicted octanol–water partition coefficient (Wildman–Crippen LogP) is 2.27. The van der Waals surface area contributed by atoms with Crippen LogP contribution in [0.15, 0.2) is 47.4 Å². The zero-order valence-corrected chi connectivity index (χ0v) is 16.5. The van der Waals surface area contributed by atoms with E-state index in [9.17, 15) is 19.2 Å². The first-order valence-electron chi connectivity index (χ1n) is 8.56. The first-order chi connectivity index (χ1) is 13.9. The number of methoxy groups -OCH3 is 2. The number of carbonyl (C=O) groups is 4. The van der Waals surface area contributed by atoms with Crippen molar-refractivity contribution >= 4 is 46.9 Å². The number of nitrogens with two attached hydrogens (primary N) is 1. The molecule has 1 aliphatic rings. The molecule has 0 radical (unpaired) electrons. The number of nitrogens with zero attached hydrogens (tertiary/aromatic N) is 1. The van der Waals surface area contributed by atoms with Gasteiger partial charge >= 0.3 is 11.9 Å². The highest BCUT2D eigenvalue weighted by atomic mass is 32.2. The van der Waals surface area contributed by atoms with E-state index in [1.165, 1.54) is 44.2 Å². The van der Waals surface area contributed by atoms with Gasteiger partial charge < -0.3 is 15.2 Å². The van der Waals surface area contributed by atoms with Crippen LogP contribution in [0.4, 0.5) is 11.4 Å². The molecule has 8 nitrogen and oxygen atoms in total. The Morgan fingerprint density at radius 1 is 1.07 bits per heavy atom. The Kier molecular flexibility index (Phi) is 5.88. The maximum absolute atomic E-state index is 13.0. The quantitative estimate of drug-likeness (QED) is 0.450. The van der Waals surface area contributed by atoms with Crippen molar-refractivity contribution in [1.82, 2.24) is 0 Å². The molecule has 9 heteroatoms. The molecule has 2 aromatic carbocycles. The molecule has 1 unspecified atom stereocenters. The maximum atomic E-state index is 13.0. The van der Waals surface area contributed by atoms with Crippen molar-refractivity contribution in [2.45, 2.75) is 16.6 Å². The smallest absolute Gasteiger partial charge is 0.339 e. The van der Waals surface area contributed by atoms with Gasteiger partial charge in [-0.2, -0.15) is 0 Å². The van der Waals surface area contributed by atoms with Gasteiger partial charge in [0.2, 0.25) is 11.8 Å². The molecule has 1 aliphatic heterocycles. The van der Waals surface area contributed by atoms with Gasteiger partial charge in [-0.05, 0) is 30.3 Å². The van der Waals surface area contributed by atoms with Gasteiger partial charge in [-0.25, -0.2) is 14.5 Å². The second-order valence-electron chi connectivity index (χ2n) is 6.13. The van der Waals surface area contributed by atoms with E-state index in [1.54, 1.807) is 24.3 Å². The fraction of sp³-hybridized carbons (Fsp3) is 0.200. The van der Waals surface area contributed by atoms with E-state index in [4.69, 9.17) is 10.5 Å². The van der Waals surface area contributed by atoms with E-state index in [0.717, 1.165) is 4.90 Å². The molecule has 3 rings (SSSR count). The van der Waals surface area contributed by atoms with Crippen molar-refractivity contribution in [3.8, 4) is 0 Å². The lowest BCUT2D eigenvalue weighted by molar-refractivity contribution is -0.121. The SMILES string of the molecule is COC(=O)c1ccc(C(=O)OC)c(N2C(=O)CC(Sc3ccccc3N)C2=O)c1. The van der Waals surface area contributed by atoms with Gasteiger partial charge in [0.1, 0.15) is 0 Å². The lowest BCUT2D eigenvalue weighted by Crippen LogP contribution is -2.33. The summed E-state index contributed by atoms with van der Waals surface area (Å²) >= 11 is 1.18. The first kappa shape index (κ1) is 20.4. The fourth-order valence-corrected chi connectivity index (χ4v) is 4.03. The Morgan fingerprint density at radius 2 is 1.76 bits per heavy atom. The van der Waals surface area contributed by atoms with Crippen LogP contribution in [-0.2, 0) is 19.1 Å². The monoisotopic (exact) mass is 414 g/mol. The van der Waals surface area contributed by atoms with Crippen LogP contribution in [0.2, 0.25) is 0 Å². The van der Waals surface area contributed by atoms with E-state index in [-0.39, 0.29) is 23.2 Å². The summed E-state index contributed by atoms with van der Waals surface area (Å²) in [6, 6.07) is 11.0. The van der Waals surface area contributed by atoms with E-state index in [0.29, 0.717) is 10.6 Å². The van der Waals surface area contributed by atoms with Crippen molar-refractivity contribution in [3.63, 3.8) is 0 Å². The highest BCUT2D eigenvalue weighted by Crippen LogP contribution is 2.37. The summed E-state index contributed by atoms with van der Waals surface area (Å²) in [6.07, 6.45) is -0.0686. The average Bonchev–Trinajstić information content (AvgIpc) is 3.00. The van der Waals surface area contributed by atoms with Crippen LogP contribution in [0.25, 0.3) is 0 Å². The summed E-state index contributed by atoms with van der Waals surface area (Å²) in [7, 11) is 2.39. The van der Waals surface area contributed by atoms with E-state index in [1.807, 2.05) is 0 Å². The number of nitrogen functional groups attached to an aromatic ring is 1. The molecule has 0 saturated carbocycles. The summed E-state index contributed by atoms with van der Waals surface area (Å²) in [6.45, 7) is 0. The molecule has 150 valence electrons. The van der Waals surface area contributed by atoms with Crippen LogP contribution in [0.1, 0.15) is 27.1 Å². The highest BCUT2D eigenvalue weighted by molar-refractivity contribution is 8.00. The predicted molar refractivity (Wildman–Crippen MR) is 107 cm³/mol. The third kappa shape index (κ3) is 3.95. The molecule has 1 heterocycles. The number of amides is 2. The van der Waals surface area contributed by atoms with Crippen LogP contribution in [-0.4, -0.2) is 43.2 Å². The zero-order valence-electron chi connectivity index (χ0n) is 15.7. The van der Waals surface area contributed by atoms with Gasteiger partial charge in [-0.1, -0.05) is 12.1 Å². The number of hydrogen-bond donors (Lipinski definition) is 1. The average molecular weight is 414 g/mol. The Balaban J connectivity index is 1.99. The Bertz CT molecular complexity index is 1010. The molecule has 1 atom stereocenters. The van der Waals surface area contributed by atoms with Gasteiger partial charge in [-0.3, -0.25) is 9.59 Å². The number of hydrogen-bond acceptors (Lipinski definition) is 8. The van der Waals surface area contributed by atoms with Crippen molar-refractivity contribution in [2.75, 3.05) is 24.9 Å². The van der Waals surface area contributed by atoms with E-state index < -0.39 is 29.0 Å². The second-order valence-corrected chi connectivity index (χ2v) is 7.38. The molecule has 29 heavy (non-hydrogen) atoms. The summed E-state index contributed by atoms with van der Waals surface area (Å²) in [5.41, 5.74) is 6.50. The van der Waals surface area contributed by atoms with Crippen LogP contribution >= 0.6 is 11.8 Å². The number of ether oxygens (including phenoxy) is 2. The minimum absolute atomic E-state index is 0.00766.